The van der Waals surface area contributed by atoms with Gasteiger partial charge in [-0.2, -0.15) is 11.8 Å². The molecule has 3 fully saturated rings. The monoisotopic (exact) mass is 339 g/mol. The van der Waals surface area contributed by atoms with Gasteiger partial charge in [0.1, 0.15) is 0 Å². The van der Waals surface area contributed by atoms with E-state index in [0.717, 1.165) is 13.0 Å². The standard InChI is InChI=1S/C18H33N3OS/c1-23-13-3-9-20-11-7-17(8-12-20)21-10-2-4-15(14-21)18(22)19-16-5-6-16/h15-17H,2-14H2,1H3,(H,19,22). The van der Waals surface area contributed by atoms with Gasteiger partial charge in [-0.3, -0.25) is 9.69 Å². The van der Waals surface area contributed by atoms with Gasteiger partial charge in [0.25, 0.3) is 0 Å². The van der Waals surface area contributed by atoms with E-state index in [1.165, 1.54) is 70.5 Å². The second kappa shape index (κ2) is 8.72. The highest BCUT2D eigenvalue weighted by atomic mass is 32.2. The number of thioether (sulfide) groups is 1. The molecule has 0 aromatic carbocycles. The lowest BCUT2D eigenvalue weighted by Crippen LogP contribution is -2.51. The number of carbonyl (C=O) groups excluding carboxylic acids is 1. The molecule has 2 saturated heterocycles. The Morgan fingerprint density at radius 2 is 1.91 bits per heavy atom. The minimum absolute atomic E-state index is 0.240. The number of amides is 1. The molecule has 0 bridgehead atoms. The summed E-state index contributed by atoms with van der Waals surface area (Å²) in [7, 11) is 0. The first-order valence-electron chi connectivity index (χ1n) is 9.52. The summed E-state index contributed by atoms with van der Waals surface area (Å²) < 4.78 is 0. The molecule has 1 unspecified atom stereocenters. The average molecular weight is 340 g/mol. The molecule has 5 heteroatoms. The molecule has 2 aliphatic heterocycles. The van der Waals surface area contributed by atoms with Gasteiger partial charge in [-0.25, -0.2) is 0 Å². The van der Waals surface area contributed by atoms with Gasteiger partial charge < -0.3 is 10.2 Å². The summed E-state index contributed by atoms with van der Waals surface area (Å²) in [4.78, 5) is 17.6. The molecule has 0 aromatic heterocycles. The Hall–Kier alpha value is -0.260. The van der Waals surface area contributed by atoms with Gasteiger partial charge >= 0.3 is 0 Å². The maximum absolute atomic E-state index is 12.3. The smallest absolute Gasteiger partial charge is 0.224 e. The summed E-state index contributed by atoms with van der Waals surface area (Å²) in [6.07, 6.45) is 10.7. The summed E-state index contributed by atoms with van der Waals surface area (Å²) in [6.45, 7) is 5.95. The Labute approximate surface area is 145 Å². The van der Waals surface area contributed by atoms with Gasteiger partial charge in [-0.1, -0.05) is 0 Å². The van der Waals surface area contributed by atoms with E-state index >= 15 is 0 Å². The predicted molar refractivity (Wildman–Crippen MR) is 97.9 cm³/mol. The van der Waals surface area contributed by atoms with E-state index < -0.39 is 0 Å². The van der Waals surface area contributed by atoms with Crippen molar-refractivity contribution < 1.29 is 4.79 Å². The summed E-state index contributed by atoms with van der Waals surface area (Å²) in [6, 6.07) is 1.21. The van der Waals surface area contributed by atoms with Gasteiger partial charge in [0.05, 0.1) is 5.92 Å². The molecule has 1 N–H and O–H groups in total. The fourth-order valence-corrected chi connectivity index (χ4v) is 4.46. The van der Waals surface area contributed by atoms with Gasteiger partial charge in [-0.05, 0) is 83.1 Å². The van der Waals surface area contributed by atoms with Crippen LogP contribution in [0.1, 0.15) is 44.9 Å². The summed E-state index contributed by atoms with van der Waals surface area (Å²) in [5.41, 5.74) is 0. The minimum Gasteiger partial charge on any atom is -0.353 e. The molecule has 1 amide bonds. The SMILES string of the molecule is CSCCCN1CCC(N2CCCC(C(=O)NC3CC3)C2)CC1. The van der Waals surface area contributed by atoms with E-state index in [1.54, 1.807) is 0 Å². The highest BCUT2D eigenvalue weighted by Gasteiger charge is 2.33. The van der Waals surface area contributed by atoms with Crippen molar-refractivity contribution in [3.05, 3.63) is 0 Å². The van der Waals surface area contributed by atoms with Crippen LogP contribution < -0.4 is 5.32 Å². The average Bonchev–Trinajstić information content (AvgIpc) is 3.40. The van der Waals surface area contributed by atoms with E-state index in [-0.39, 0.29) is 5.92 Å². The molecule has 23 heavy (non-hydrogen) atoms. The fraction of sp³-hybridized carbons (Fsp3) is 0.944. The number of likely N-dealkylation sites (tertiary alicyclic amines) is 2. The van der Waals surface area contributed by atoms with E-state index in [4.69, 9.17) is 0 Å². The largest absolute Gasteiger partial charge is 0.353 e. The van der Waals surface area contributed by atoms with Crippen molar-refractivity contribution >= 4 is 17.7 Å². The third kappa shape index (κ3) is 5.36. The summed E-state index contributed by atoms with van der Waals surface area (Å²) in [5.74, 6) is 1.85. The van der Waals surface area contributed by atoms with E-state index in [1.807, 2.05) is 11.8 Å². The second-order valence-corrected chi connectivity index (χ2v) is 8.52. The van der Waals surface area contributed by atoms with Crippen LogP contribution >= 0.6 is 11.8 Å². The molecule has 0 radical (unpaired) electrons. The van der Waals surface area contributed by atoms with Crippen molar-refractivity contribution in [3.8, 4) is 0 Å². The van der Waals surface area contributed by atoms with Crippen LogP contribution in [0.5, 0.6) is 0 Å². The van der Waals surface area contributed by atoms with Crippen molar-refractivity contribution in [1.29, 1.82) is 0 Å². The zero-order valence-electron chi connectivity index (χ0n) is 14.6. The molecular formula is C18H33N3OS. The lowest BCUT2D eigenvalue weighted by molar-refractivity contribution is -0.127. The Kier molecular flexibility index (Phi) is 6.66. The predicted octanol–water partition coefficient (Wildman–Crippen LogP) is 2.19. The number of hydrogen-bond donors (Lipinski definition) is 1. The lowest BCUT2D eigenvalue weighted by Gasteiger charge is -2.42. The maximum Gasteiger partial charge on any atom is 0.224 e. The van der Waals surface area contributed by atoms with Crippen LogP contribution in [0.15, 0.2) is 0 Å². The number of carbonyl (C=O) groups is 1. The molecule has 1 saturated carbocycles. The van der Waals surface area contributed by atoms with E-state index in [2.05, 4.69) is 21.4 Å². The molecule has 0 spiro atoms. The number of nitrogens with one attached hydrogen (secondary N) is 1. The van der Waals surface area contributed by atoms with Crippen molar-refractivity contribution in [2.24, 2.45) is 5.92 Å². The number of rotatable bonds is 7. The normalized spacial score (nSPS) is 28.0. The molecule has 1 aliphatic carbocycles. The number of piperidine rings is 2. The first-order chi connectivity index (χ1) is 11.3. The zero-order chi connectivity index (χ0) is 16.1. The van der Waals surface area contributed by atoms with Crippen LogP contribution in [0.2, 0.25) is 0 Å². The quantitative estimate of drug-likeness (QED) is 0.721. The van der Waals surface area contributed by atoms with Gasteiger partial charge in [0.2, 0.25) is 5.91 Å². The Balaban J connectivity index is 1.39. The topological polar surface area (TPSA) is 35.6 Å². The Morgan fingerprint density at radius 1 is 1.13 bits per heavy atom. The van der Waals surface area contributed by atoms with Crippen molar-refractivity contribution in [1.82, 2.24) is 15.1 Å². The van der Waals surface area contributed by atoms with E-state index in [0.29, 0.717) is 18.0 Å². The van der Waals surface area contributed by atoms with E-state index in [9.17, 15) is 4.79 Å². The highest BCUT2D eigenvalue weighted by Crippen LogP contribution is 2.26. The van der Waals surface area contributed by atoms with Crippen LogP contribution in [-0.4, -0.2) is 72.5 Å². The first-order valence-corrected chi connectivity index (χ1v) is 10.9. The van der Waals surface area contributed by atoms with Gasteiger partial charge in [0, 0.05) is 18.6 Å². The van der Waals surface area contributed by atoms with Crippen LogP contribution in [-0.2, 0) is 4.79 Å². The van der Waals surface area contributed by atoms with Crippen molar-refractivity contribution in [2.45, 2.75) is 57.0 Å². The molecule has 3 aliphatic rings. The van der Waals surface area contributed by atoms with Gasteiger partial charge in [0.15, 0.2) is 0 Å². The van der Waals surface area contributed by atoms with Crippen molar-refractivity contribution in [3.63, 3.8) is 0 Å². The number of nitrogens with zero attached hydrogens (tertiary/aromatic N) is 2. The molecule has 132 valence electrons. The maximum atomic E-state index is 12.3. The molecule has 2 heterocycles. The van der Waals surface area contributed by atoms with Gasteiger partial charge in [-0.15, -0.1) is 0 Å². The molecule has 3 rings (SSSR count). The third-order valence-corrected chi connectivity index (χ3v) is 6.34. The third-order valence-electron chi connectivity index (χ3n) is 5.64. The summed E-state index contributed by atoms with van der Waals surface area (Å²) in [5, 5.41) is 3.21. The van der Waals surface area contributed by atoms with Crippen LogP contribution in [0.3, 0.4) is 0 Å². The summed E-state index contributed by atoms with van der Waals surface area (Å²) >= 11 is 1.95. The second-order valence-electron chi connectivity index (χ2n) is 7.54. The highest BCUT2D eigenvalue weighted by molar-refractivity contribution is 7.98. The molecule has 4 nitrogen and oxygen atoms in total. The number of hydrogen-bond acceptors (Lipinski definition) is 4. The fourth-order valence-electron chi connectivity index (χ4n) is 4.04. The molecule has 0 aromatic rings. The lowest BCUT2D eigenvalue weighted by atomic mass is 9.93. The van der Waals surface area contributed by atoms with Crippen LogP contribution in [0.25, 0.3) is 0 Å². The molecule has 1 atom stereocenters. The van der Waals surface area contributed by atoms with Crippen LogP contribution in [0.4, 0.5) is 0 Å². The first kappa shape index (κ1) is 17.6. The molecular weight excluding hydrogens is 306 g/mol. The van der Waals surface area contributed by atoms with Crippen LogP contribution in [0, 0.1) is 5.92 Å². The minimum atomic E-state index is 0.240. The Morgan fingerprint density at radius 3 is 2.61 bits per heavy atom. The zero-order valence-corrected chi connectivity index (χ0v) is 15.5. The van der Waals surface area contributed by atoms with Crippen molar-refractivity contribution in [2.75, 3.05) is 44.7 Å². The Bertz CT molecular complexity index is 380.